The molecule has 0 aromatic heterocycles. The van der Waals surface area contributed by atoms with Crippen molar-refractivity contribution < 1.29 is 24.2 Å². The zero-order valence-electron chi connectivity index (χ0n) is 8.66. The van der Waals surface area contributed by atoms with E-state index >= 15 is 0 Å². The third-order valence-electron chi connectivity index (χ3n) is 2.16. The van der Waals surface area contributed by atoms with Gasteiger partial charge in [0.2, 0.25) is 0 Å². The quantitative estimate of drug-likeness (QED) is 0.570. The van der Waals surface area contributed by atoms with E-state index in [-0.39, 0.29) is 0 Å². The molecule has 0 saturated heterocycles. The molecule has 0 aliphatic carbocycles. The maximum atomic E-state index is 2.28. The summed E-state index contributed by atoms with van der Waals surface area (Å²) < 4.78 is 1.81. The monoisotopic (exact) mass is 244 g/mol. The van der Waals surface area contributed by atoms with Gasteiger partial charge in [-0.1, -0.05) is 0 Å². The van der Waals surface area contributed by atoms with Crippen LogP contribution in [0.15, 0.2) is 0 Å². The van der Waals surface area contributed by atoms with Gasteiger partial charge in [0.05, 0.1) is 0 Å². The van der Waals surface area contributed by atoms with Gasteiger partial charge < -0.3 is 0 Å². The standard InChI is InChI=1S/C11H22.Zr/c1-3-5-7-9-11-10-8-6-4-2;/h3-10H2,1-2H3;/q;+2. The molecule has 0 atom stereocenters. The Kier molecular flexibility index (Phi) is 10.5. The number of rotatable bonds is 8. The fourth-order valence-electron chi connectivity index (χ4n) is 1.30. The molecule has 0 aromatic carbocycles. The van der Waals surface area contributed by atoms with Gasteiger partial charge in [-0.2, -0.15) is 0 Å². The first kappa shape index (κ1) is 12.8. The minimum absolute atomic E-state index is 1.36. The molecule has 12 heavy (non-hydrogen) atoms. The summed E-state index contributed by atoms with van der Waals surface area (Å²) in [6.07, 6.45) is 11.3. The molecule has 0 fully saturated rings. The second-order valence-corrected chi connectivity index (χ2v) is 5.26. The molecule has 0 nitrogen and oxygen atoms in total. The van der Waals surface area contributed by atoms with Crippen molar-refractivity contribution in [1.29, 1.82) is 0 Å². The zero-order chi connectivity index (χ0) is 9.23. The van der Waals surface area contributed by atoms with Crippen molar-refractivity contribution in [3.05, 3.63) is 0 Å². The summed E-state index contributed by atoms with van der Waals surface area (Å²) in [4.78, 5) is 0. The van der Waals surface area contributed by atoms with Crippen LogP contribution in [-0.2, 0) is 24.2 Å². The molecule has 0 unspecified atom stereocenters. The molecule has 0 spiro atoms. The van der Waals surface area contributed by atoms with Crippen molar-refractivity contribution in [2.75, 3.05) is 0 Å². The van der Waals surface area contributed by atoms with E-state index in [4.69, 9.17) is 0 Å². The number of unbranched alkanes of at least 4 members (excludes halogenated alkanes) is 4. The molecular formula is C11H22Zr+2. The van der Waals surface area contributed by atoms with Crippen molar-refractivity contribution in [2.45, 2.75) is 65.2 Å². The topological polar surface area (TPSA) is 0 Å². The molecule has 0 aromatic rings. The summed E-state index contributed by atoms with van der Waals surface area (Å²) in [5.74, 6) is 0. The Morgan fingerprint density at radius 2 is 1.25 bits per heavy atom. The van der Waals surface area contributed by atoms with E-state index in [0.717, 1.165) is 0 Å². The van der Waals surface area contributed by atoms with Crippen LogP contribution in [0.2, 0.25) is 0 Å². The Bertz CT molecular complexity index is 95.6. The maximum absolute atomic E-state index is 2.28. The molecule has 1 heteroatoms. The summed E-state index contributed by atoms with van der Waals surface area (Å²) in [6, 6.07) is 0. The van der Waals surface area contributed by atoms with E-state index in [1.165, 1.54) is 51.4 Å². The predicted molar refractivity (Wildman–Crippen MR) is 53.3 cm³/mol. The van der Waals surface area contributed by atoms with Crippen LogP contribution in [0.4, 0.5) is 0 Å². The van der Waals surface area contributed by atoms with Crippen LogP contribution in [0.3, 0.4) is 0 Å². The van der Waals surface area contributed by atoms with Gasteiger partial charge in [0.1, 0.15) is 0 Å². The number of hydrogen-bond donors (Lipinski definition) is 0. The summed E-state index contributed by atoms with van der Waals surface area (Å²) >= 11 is 1.69. The Balaban J connectivity index is 3.10. The van der Waals surface area contributed by atoms with E-state index in [9.17, 15) is 0 Å². The van der Waals surface area contributed by atoms with E-state index in [1.807, 2.05) is 3.21 Å². The molecule has 0 amide bonds. The van der Waals surface area contributed by atoms with Crippen LogP contribution >= 0.6 is 0 Å². The first-order valence-corrected chi connectivity index (χ1v) is 6.60. The van der Waals surface area contributed by atoms with Crippen molar-refractivity contribution in [2.24, 2.45) is 0 Å². The van der Waals surface area contributed by atoms with Crippen molar-refractivity contribution >= 4 is 3.21 Å². The van der Waals surface area contributed by atoms with E-state index in [2.05, 4.69) is 13.8 Å². The molecule has 0 aliphatic heterocycles. The molecule has 0 aliphatic rings. The molecular weight excluding hydrogens is 223 g/mol. The second kappa shape index (κ2) is 9.84. The number of hydrogen-bond acceptors (Lipinski definition) is 0. The third kappa shape index (κ3) is 8.85. The van der Waals surface area contributed by atoms with Gasteiger partial charge in [0.25, 0.3) is 0 Å². The van der Waals surface area contributed by atoms with Gasteiger partial charge in [-0.05, 0) is 0 Å². The predicted octanol–water partition coefficient (Wildman–Crippen LogP) is 3.87. The van der Waals surface area contributed by atoms with Gasteiger partial charge in [-0.3, -0.25) is 0 Å². The van der Waals surface area contributed by atoms with Gasteiger partial charge in [0, 0.05) is 0 Å². The Hall–Kier alpha value is 0.753. The van der Waals surface area contributed by atoms with Crippen LogP contribution in [0, 0.1) is 0 Å². The minimum atomic E-state index is 1.36. The SMILES string of the molecule is CCCCC[C](=[Zr+2])CCCCC. The zero-order valence-corrected chi connectivity index (χ0v) is 11.1. The van der Waals surface area contributed by atoms with Crippen LogP contribution in [0.1, 0.15) is 65.2 Å². The van der Waals surface area contributed by atoms with E-state index in [1.54, 1.807) is 24.2 Å². The van der Waals surface area contributed by atoms with Crippen LogP contribution in [-0.4, -0.2) is 3.21 Å². The third-order valence-corrected chi connectivity index (χ3v) is 3.39. The summed E-state index contributed by atoms with van der Waals surface area (Å²) in [5, 5.41) is 0. The molecule has 0 radical (unpaired) electrons. The average Bonchev–Trinajstić information content (AvgIpc) is 2.06. The van der Waals surface area contributed by atoms with Crippen LogP contribution in [0.5, 0.6) is 0 Å². The summed E-state index contributed by atoms with van der Waals surface area (Å²) in [7, 11) is 0. The van der Waals surface area contributed by atoms with Crippen molar-refractivity contribution in [1.82, 2.24) is 0 Å². The summed E-state index contributed by atoms with van der Waals surface area (Å²) in [6.45, 7) is 4.56. The fraction of sp³-hybridized carbons (Fsp3) is 0.909. The molecule has 0 bridgehead atoms. The Labute approximate surface area is 92.5 Å². The van der Waals surface area contributed by atoms with Crippen LogP contribution < -0.4 is 0 Å². The molecule has 68 valence electrons. The van der Waals surface area contributed by atoms with Gasteiger partial charge >= 0.3 is 92.7 Å². The summed E-state index contributed by atoms with van der Waals surface area (Å²) in [5.41, 5.74) is 0. The normalized spacial score (nSPS) is 10.3. The van der Waals surface area contributed by atoms with E-state index in [0.29, 0.717) is 0 Å². The van der Waals surface area contributed by atoms with Crippen molar-refractivity contribution in [3.63, 3.8) is 0 Å². The van der Waals surface area contributed by atoms with Crippen molar-refractivity contribution in [3.8, 4) is 0 Å². The first-order valence-electron chi connectivity index (χ1n) is 5.37. The second-order valence-electron chi connectivity index (χ2n) is 3.52. The van der Waals surface area contributed by atoms with E-state index < -0.39 is 0 Å². The molecule has 0 heterocycles. The average molecular weight is 246 g/mol. The Morgan fingerprint density at radius 1 is 0.833 bits per heavy atom. The van der Waals surface area contributed by atoms with Crippen LogP contribution in [0.25, 0.3) is 0 Å². The van der Waals surface area contributed by atoms with Gasteiger partial charge in [0.15, 0.2) is 0 Å². The molecule has 0 saturated carbocycles. The van der Waals surface area contributed by atoms with Gasteiger partial charge in [-0.25, -0.2) is 0 Å². The van der Waals surface area contributed by atoms with Gasteiger partial charge in [-0.15, -0.1) is 0 Å². The molecule has 0 rings (SSSR count). The molecule has 0 N–H and O–H groups in total. The Morgan fingerprint density at radius 3 is 1.58 bits per heavy atom. The fourth-order valence-corrected chi connectivity index (χ4v) is 2.17. The first-order chi connectivity index (χ1) is 5.81.